The maximum atomic E-state index is 12.5. The summed E-state index contributed by atoms with van der Waals surface area (Å²) in [6.45, 7) is 4.94. The summed E-state index contributed by atoms with van der Waals surface area (Å²) >= 11 is 1.56. The van der Waals surface area contributed by atoms with Crippen LogP contribution in [0, 0.1) is 11.8 Å². The molecular formula is C17H29N3O3S. The lowest BCUT2D eigenvalue weighted by Crippen LogP contribution is -2.60. The molecule has 2 heterocycles. The number of amides is 3. The second-order valence-corrected chi connectivity index (χ2v) is 8.21. The van der Waals surface area contributed by atoms with Gasteiger partial charge in [-0.2, -0.15) is 0 Å². The Labute approximate surface area is 148 Å². The van der Waals surface area contributed by atoms with Crippen LogP contribution in [0.2, 0.25) is 0 Å². The summed E-state index contributed by atoms with van der Waals surface area (Å²) in [5.41, 5.74) is 0. The van der Waals surface area contributed by atoms with Crippen LogP contribution < -0.4 is 10.6 Å². The minimum absolute atomic E-state index is 0.0227. The average Bonchev–Trinajstić information content (AvgIpc) is 3.02. The Morgan fingerprint density at radius 1 is 1.25 bits per heavy atom. The van der Waals surface area contributed by atoms with Crippen molar-refractivity contribution in [3.8, 4) is 0 Å². The molecule has 3 aliphatic rings. The number of carbonyl (C=O) groups excluding carboxylic acids is 2. The van der Waals surface area contributed by atoms with Crippen LogP contribution in [0.25, 0.3) is 0 Å². The molecule has 3 rings (SSSR count). The van der Waals surface area contributed by atoms with Crippen LogP contribution in [0.5, 0.6) is 0 Å². The molecule has 0 bridgehead atoms. The SMILES string of the molecule is CCC1CN(C(=O)CSC2NC(=O)NC3CCCCC32)OC1CC. The molecule has 5 unspecified atom stereocenters. The van der Waals surface area contributed by atoms with E-state index in [1.807, 2.05) is 0 Å². The van der Waals surface area contributed by atoms with E-state index in [-0.39, 0.29) is 29.5 Å². The molecule has 0 aromatic carbocycles. The fourth-order valence-electron chi connectivity index (χ4n) is 4.13. The lowest BCUT2D eigenvalue weighted by molar-refractivity contribution is -0.177. The van der Waals surface area contributed by atoms with E-state index in [2.05, 4.69) is 24.5 Å². The van der Waals surface area contributed by atoms with Crippen LogP contribution in [-0.4, -0.2) is 46.8 Å². The van der Waals surface area contributed by atoms with Gasteiger partial charge in [0.1, 0.15) is 0 Å². The topological polar surface area (TPSA) is 70.7 Å². The van der Waals surface area contributed by atoms with Gasteiger partial charge in [0.15, 0.2) is 0 Å². The molecule has 0 aromatic rings. The predicted octanol–water partition coefficient (Wildman–Crippen LogP) is 2.50. The largest absolute Gasteiger partial charge is 0.335 e. The summed E-state index contributed by atoms with van der Waals surface area (Å²) in [6.07, 6.45) is 6.66. The van der Waals surface area contributed by atoms with E-state index < -0.39 is 0 Å². The number of nitrogens with zero attached hydrogens (tertiary/aromatic N) is 1. The number of rotatable bonds is 5. The molecule has 6 nitrogen and oxygen atoms in total. The second-order valence-electron chi connectivity index (χ2n) is 7.08. The van der Waals surface area contributed by atoms with Gasteiger partial charge >= 0.3 is 6.03 Å². The van der Waals surface area contributed by atoms with E-state index in [1.165, 1.54) is 12.8 Å². The van der Waals surface area contributed by atoms with Gasteiger partial charge in [-0.3, -0.25) is 9.63 Å². The van der Waals surface area contributed by atoms with Crippen LogP contribution in [0.1, 0.15) is 52.4 Å². The standard InChI is InChI=1S/C17H29N3O3S/c1-3-11-9-20(23-14(11)4-2)15(21)10-24-16-12-7-5-6-8-13(12)18-17(22)19-16/h11-14,16H,3-10H2,1-2H3,(H2,18,19,22). The van der Waals surface area contributed by atoms with Gasteiger partial charge in [0.25, 0.3) is 5.91 Å². The zero-order valence-electron chi connectivity index (χ0n) is 14.6. The molecule has 2 N–H and O–H groups in total. The van der Waals surface area contributed by atoms with E-state index >= 15 is 0 Å². The Hall–Kier alpha value is -0.950. The Balaban J connectivity index is 1.53. The van der Waals surface area contributed by atoms with Crippen molar-refractivity contribution in [3.63, 3.8) is 0 Å². The van der Waals surface area contributed by atoms with Crippen molar-refractivity contribution in [3.05, 3.63) is 0 Å². The van der Waals surface area contributed by atoms with Gasteiger partial charge < -0.3 is 10.6 Å². The smallest absolute Gasteiger partial charge is 0.315 e. The summed E-state index contributed by atoms with van der Waals surface area (Å²) in [7, 11) is 0. The highest BCUT2D eigenvalue weighted by atomic mass is 32.2. The van der Waals surface area contributed by atoms with Crippen LogP contribution >= 0.6 is 11.8 Å². The van der Waals surface area contributed by atoms with Crippen molar-refractivity contribution < 1.29 is 14.4 Å². The first-order chi connectivity index (χ1) is 11.6. The third-order valence-electron chi connectivity index (χ3n) is 5.58. The highest BCUT2D eigenvalue weighted by molar-refractivity contribution is 8.00. The van der Waals surface area contributed by atoms with Gasteiger partial charge in [0.05, 0.1) is 23.8 Å². The second kappa shape index (κ2) is 7.95. The monoisotopic (exact) mass is 355 g/mol. The number of hydrogen-bond donors (Lipinski definition) is 2. The molecule has 0 radical (unpaired) electrons. The van der Waals surface area contributed by atoms with Crippen molar-refractivity contribution >= 4 is 23.7 Å². The first-order valence-electron chi connectivity index (χ1n) is 9.28. The van der Waals surface area contributed by atoms with Crippen molar-refractivity contribution in [2.75, 3.05) is 12.3 Å². The third-order valence-corrected chi connectivity index (χ3v) is 6.82. The first-order valence-corrected chi connectivity index (χ1v) is 10.3. The predicted molar refractivity (Wildman–Crippen MR) is 94.3 cm³/mol. The highest BCUT2D eigenvalue weighted by Crippen LogP contribution is 2.34. The Morgan fingerprint density at radius 2 is 2.04 bits per heavy atom. The van der Waals surface area contributed by atoms with Crippen LogP contribution in [0.4, 0.5) is 4.79 Å². The van der Waals surface area contributed by atoms with Crippen molar-refractivity contribution in [1.82, 2.24) is 15.7 Å². The Bertz CT molecular complexity index is 464. The molecule has 0 spiro atoms. The third kappa shape index (κ3) is 3.82. The molecule has 0 aromatic heterocycles. The fraction of sp³-hybridized carbons (Fsp3) is 0.882. The van der Waals surface area contributed by atoms with E-state index in [4.69, 9.17) is 4.84 Å². The van der Waals surface area contributed by atoms with Gasteiger partial charge in [-0.25, -0.2) is 9.86 Å². The molecule has 24 heavy (non-hydrogen) atoms. The van der Waals surface area contributed by atoms with Gasteiger partial charge in [0, 0.05) is 17.9 Å². The Kier molecular flexibility index (Phi) is 5.92. The van der Waals surface area contributed by atoms with Gasteiger partial charge in [-0.05, 0) is 25.7 Å². The number of fused-ring (bicyclic) bond motifs is 1. The molecule has 3 amide bonds. The minimum Gasteiger partial charge on any atom is -0.335 e. The van der Waals surface area contributed by atoms with Crippen LogP contribution in [0.3, 0.4) is 0 Å². The maximum absolute atomic E-state index is 12.5. The number of hydroxylamine groups is 2. The number of nitrogens with one attached hydrogen (secondary N) is 2. The van der Waals surface area contributed by atoms with Gasteiger partial charge in [0.2, 0.25) is 0 Å². The molecule has 1 saturated carbocycles. The van der Waals surface area contributed by atoms with Crippen LogP contribution in [0.15, 0.2) is 0 Å². The van der Waals surface area contributed by atoms with Crippen molar-refractivity contribution in [1.29, 1.82) is 0 Å². The lowest BCUT2D eigenvalue weighted by atomic mass is 9.83. The van der Waals surface area contributed by atoms with Gasteiger partial charge in [-0.15, -0.1) is 11.8 Å². The summed E-state index contributed by atoms with van der Waals surface area (Å²) in [5, 5.41) is 7.62. The van der Waals surface area contributed by atoms with E-state index in [1.54, 1.807) is 16.8 Å². The first kappa shape index (κ1) is 17.9. The number of thioether (sulfide) groups is 1. The van der Waals surface area contributed by atoms with Crippen LogP contribution in [-0.2, 0) is 9.63 Å². The lowest BCUT2D eigenvalue weighted by Gasteiger charge is -2.41. The molecule has 7 heteroatoms. The summed E-state index contributed by atoms with van der Waals surface area (Å²) < 4.78 is 0. The molecular weight excluding hydrogens is 326 g/mol. The van der Waals surface area contributed by atoms with E-state index in [0.29, 0.717) is 24.1 Å². The molecule has 2 aliphatic heterocycles. The van der Waals surface area contributed by atoms with Crippen molar-refractivity contribution in [2.24, 2.45) is 11.8 Å². The molecule has 3 fully saturated rings. The van der Waals surface area contributed by atoms with E-state index in [0.717, 1.165) is 25.7 Å². The quantitative estimate of drug-likeness (QED) is 0.795. The number of carbonyl (C=O) groups is 2. The normalized spacial score (nSPS) is 36.0. The number of urea groups is 1. The van der Waals surface area contributed by atoms with Gasteiger partial charge in [-0.1, -0.05) is 26.7 Å². The molecule has 1 aliphatic carbocycles. The zero-order valence-corrected chi connectivity index (χ0v) is 15.4. The van der Waals surface area contributed by atoms with Crippen molar-refractivity contribution in [2.45, 2.75) is 69.9 Å². The fourth-order valence-corrected chi connectivity index (χ4v) is 5.36. The Morgan fingerprint density at radius 3 is 2.75 bits per heavy atom. The molecule has 2 saturated heterocycles. The summed E-state index contributed by atoms with van der Waals surface area (Å²) in [5.74, 6) is 1.24. The zero-order chi connectivity index (χ0) is 17.1. The molecule has 136 valence electrons. The van der Waals surface area contributed by atoms with E-state index in [9.17, 15) is 9.59 Å². The average molecular weight is 356 g/mol. The summed E-state index contributed by atoms with van der Waals surface area (Å²) in [6, 6.07) is 0.162. The minimum atomic E-state index is -0.0994. The number of hydrogen-bond acceptors (Lipinski definition) is 4. The highest BCUT2D eigenvalue weighted by Gasteiger charge is 2.39. The maximum Gasteiger partial charge on any atom is 0.315 e. The summed E-state index contributed by atoms with van der Waals surface area (Å²) in [4.78, 5) is 30.2. The molecule has 5 atom stereocenters.